The van der Waals surface area contributed by atoms with Crippen LogP contribution in [0.15, 0.2) is 36.7 Å². The number of piperazine rings is 1. The maximum Gasteiger partial charge on any atom is 0.290 e. The molecule has 21 heavy (non-hydrogen) atoms. The first-order valence-electron chi connectivity index (χ1n) is 7.27. The molecular formula is C16H20N4O. The van der Waals surface area contributed by atoms with Gasteiger partial charge in [0, 0.05) is 43.8 Å². The molecular weight excluding hydrogens is 264 g/mol. The Labute approximate surface area is 124 Å². The van der Waals surface area contributed by atoms with Crippen molar-refractivity contribution < 1.29 is 4.79 Å². The highest BCUT2D eigenvalue weighted by molar-refractivity contribution is 5.90. The van der Waals surface area contributed by atoms with Crippen LogP contribution < -0.4 is 4.90 Å². The molecule has 0 saturated carbocycles. The lowest BCUT2D eigenvalue weighted by Gasteiger charge is -2.40. The van der Waals surface area contributed by atoms with E-state index in [4.69, 9.17) is 0 Å². The molecule has 110 valence electrons. The van der Waals surface area contributed by atoms with E-state index in [1.165, 1.54) is 11.3 Å². The first-order chi connectivity index (χ1) is 10.1. The fraction of sp³-hybridized carbons (Fsp3) is 0.375. The van der Waals surface area contributed by atoms with Crippen molar-refractivity contribution in [2.75, 3.05) is 24.5 Å². The van der Waals surface area contributed by atoms with Gasteiger partial charge in [0.25, 0.3) is 5.91 Å². The van der Waals surface area contributed by atoms with Crippen LogP contribution in [0, 0.1) is 6.92 Å². The van der Waals surface area contributed by atoms with Gasteiger partial charge in [0.05, 0.1) is 0 Å². The third-order valence-corrected chi connectivity index (χ3v) is 3.99. The predicted molar refractivity (Wildman–Crippen MR) is 82.5 cm³/mol. The van der Waals surface area contributed by atoms with Crippen molar-refractivity contribution in [2.45, 2.75) is 19.9 Å². The van der Waals surface area contributed by atoms with Gasteiger partial charge in [-0.05, 0) is 26.0 Å². The number of anilines is 1. The van der Waals surface area contributed by atoms with E-state index in [1.807, 2.05) is 4.90 Å². The number of H-pyrrole nitrogens is 1. The number of rotatable bonds is 2. The number of hydrogen-bond donors (Lipinski definition) is 1. The Morgan fingerprint density at radius 2 is 2.05 bits per heavy atom. The van der Waals surface area contributed by atoms with Crippen molar-refractivity contribution in [1.29, 1.82) is 0 Å². The predicted octanol–water partition coefficient (Wildman–Crippen LogP) is 2.07. The summed E-state index contributed by atoms with van der Waals surface area (Å²) in [5.41, 5.74) is 2.48. The second kappa shape index (κ2) is 5.60. The summed E-state index contributed by atoms with van der Waals surface area (Å²) in [6.45, 7) is 6.58. The van der Waals surface area contributed by atoms with Crippen LogP contribution in [-0.4, -0.2) is 46.5 Å². The highest BCUT2D eigenvalue weighted by atomic mass is 16.2. The van der Waals surface area contributed by atoms with Crippen LogP contribution in [0.2, 0.25) is 0 Å². The van der Waals surface area contributed by atoms with Gasteiger partial charge in [-0.15, -0.1) is 0 Å². The van der Waals surface area contributed by atoms with Crippen LogP contribution in [0.1, 0.15) is 23.1 Å². The van der Waals surface area contributed by atoms with E-state index in [2.05, 4.69) is 53.0 Å². The lowest BCUT2D eigenvalue weighted by molar-refractivity contribution is 0.0662. The van der Waals surface area contributed by atoms with E-state index in [1.54, 1.807) is 12.4 Å². The summed E-state index contributed by atoms with van der Waals surface area (Å²) in [6, 6.07) is 8.71. The van der Waals surface area contributed by atoms with Gasteiger partial charge in [-0.2, -0.15) is 0 Å². The lowest BCUT2D eigenvalue weighted by atomic mass is 10.1. The Morgan fingerprint density at radius 1 is 1.29 bits per heavy atom. The van der Waals surface area contributed by atoms with Crippen molar-refractivity contribution in [3.05, 3.63) is 48.0 Å². The van der Waals surface area contributed by atoms with Crippen molar-refractivity contribution >= 4 is 11.6 Å². The third-order valence-electron chi connectivity index (χ3n) is 3.99. The van der Waals surface area contributed by atoms with Gasteiger partial charge in [0.15, 0.2) is 5.82 Å². The molecule has 0 unspecified atom stereocenters. The summed E-state index contributed by atoms with van der Waals surface area (Å²) in [5.74, 6) is 0.404. The molecule has 1 saturated heterocycles. The van der Waals surface area contributed by atoms with Gasteiger partial charge >= 0.3 is 0 Å². The largest absolute Gasteiger partial charge is 0.368 e. The van der Waals surface area contributed by atoms with Crippen LogP contribution in [0.4, 0.5) is 5.69 Å². The third kappa shape index (κ3) is 2.77. The van der Waals surface area contributed by atoms with Gasteiger partial charge in [0.2, 0.25) is 0 Å². The number of imidazole rings is 1. The quantitative estimate of drug-likeness (QED) is 0.918. The van der Waals surface area contributed by atoms with Gasteiger partial charge in [-0.3, -0.25) is 4.79 Å². The van der Waals surface area contributed by atoms with Gasteiger partial charge < -0.3 is 14.8 Å². The molecule has 1 aliphatic heterocycles. The highest BCUT2D eigenvalue weighted by Crippen LogP contribution is 2.20. The summed E-state index contributed by atoms with van der Waals surface area (Å²) in [7, 11) is 0. The minimum absolute atomic E-state index is 0.0175. The number of carbonyl (C=O) groups excluding carboxylic acids is 1. The molecule has 0 spiro atoms. The standard InChI is InChI=1S/C16H20N4O/c1-12-3-5-14(6-4-12)19-9-10-20(13(2)11-19)16(21)15-17-7-8-18-15/h3-8,13H,9-11H2,1-2H3,(H,17,18)/t13-/m0/s1. The Hall–Kier alpha value is -2.30. The molecule has 1 amide bonds. The van der Waals surface area contributed by atoms with E-state index in [0.29, 0.717) is 12.4 Å². The summed E-state index contributed by atoms with van der Waals surface area (Å²) in [6.07, 6.45) is 3.29. The normalized spacial score (nSPS) is 18.9. The fourth-order valence-corrected chi connectivity index (χ4v) is 2.77. The summed E-state index contributed by atoms with van der Waals surface area (Å²) >= 11 is 0. The molecule has 1 aromatic heterocycles. The second-order valence-electron chi connectivity index (χ2n) is 5.57. The fourth-order valence-electron chi connectivity index (χ4n) is 2.77. The Balaban J connectivity index is 1.69. The number of amides is 1. The summed E-state index contributed by atoms with van der Waals surface area (Å²) in [5, 5.41) is 0. The van der Waals surface area contributed by atoms with Crippen molar-refractivity contribution in [3.63, 3.8) is 0 Å². The number of aromatic nitrogens is 2. The molecule has 3 rings (SSSR count). The van der Waals surface area contributed by atoms with Crippen LogP contribution in [0.25, 0.3) is 0 Å². The average Bonchev–Trinajstić information content (AvgIpc) is 3.01. The van der Waals surface area contributed by atoms with Crippen LogP contribution in [0.3, 0.4) is 0 Å². The van der Waals surface area contributed by atoms with Gasteiger partial charge in [-0.1, -0.05) is 17.7 Å². The minimum atomic E-state index is -0.0175. The first-order valence-corrected chi connectivity index (χ1v) is 7.27. The summed E-state index contributed by atoms with van der Waals surface area (Å²) in [4.78, 5) is 23.5. The number of aromatic amines is 1. The Kier molecular flexibility index (Phi) is 3.64. The zero-order chi connectivity index (χ0) is 14.8. The molecule has 2 heterocycles. The van der Waals surface area contributed by atoms with E-state index in [9.17, 15) is 4.79 Å². The Bertz CT molecular complexity index is 606. The number of hydrogen-bond acceptors (Lipinski definition) is 3. The maximum absolute atomic E-state index is 12.4. The SMILES string of the molecule is Cc1ccc(N2CCN(C(=O)c3ncc[nH]3)[C@@H](C)C2)cc1. The number of aryl methyl sites for hydroxylation is 1. The summed E-state index contributed by atoms with van der Waals surface area (Å²) < 4.78 is 0. The van der Waals surface area contributed by atoms with Crippen LogP contribution in [-0.2, 0) is 0 Å². The molecule has 1 aliphatic rings. The molecule has 5 nitrogen and oxygen atoms in total. The number of carbonyl (C=O) groups is 1. The highest BCUT2D eigenvalue weighted by Gasteiger charge is 2.29. The number of benzene rings is 1. The average molecular weight is 284 g/mol. The molecule has 1 N–H and O–H groups in total. The second-order valence-corrected chi connectivity index (χ2v) is 5.57. The topological polar surface area (TPSA) is 52.2 Å². The lowest BCUT2D eigenvalue weighted by Crippen LogP contribution is -2.54. The van der Waals surface area contributed by atoms with E-state index < -0.39 is 0 Å². The van der Waals surface area contributed by atoms with Crippen molar-refractivity contribution in [3.8, 4) is 0 Å². The van der Waals surface area contributed by atoms with Crippen LogP contribution >= 0.6 is 0 Å². The maximum atomic E-state index is 12.4. The molecule has 1 atom stereocenters. The van der Waals surface area contributed by atoms with Crippen LogP contribution in [0.5, 0.6) is 0 Å². The monoisotopic (exact) mass is 284 g/mol. The molecule has 0 radical (unpaired) electrons. The van der Waals surface area contributed by atoms with Gasteiger partial charge in [-0.25, -0.2) is 4.98 Å². The van der Waals surface area contributed by atoms with E-state index in [-0.39, 0.29) is 11.9 Å². The minimum Gasteiger partial charge on any atom is -0.368 e. The first kappa shape index (κ1) is 13.7. The molecule has 1 fully saturated rings. The van der Waals surface area contributed by atoms with Crippen molar-refractivity contribution in [2.24, 2.45) is 0 Å². The van der Waals surface area contributed by atoms with Crippen molar-refractivity contribution in [1.82, 2.24) is 14.9 Å². The molecule has 0 bridgehead atoms. The molecule has 5 heteroatoms. The number of nitrogens with one attached hydrogen (secondary N) is 1. The zero-order valence-electron chi connectivity index (χ0n) is 12.4. The molecule has 0 aliphatic carbocycles. The number of nitrogens with zero attached hydrogens (tertiary/aromatic N) is 3. The molecule has 1 aromatic carbocycles. The van der Waals surface area contributed by atoms with Gasteiger partial charge in [0.1, 0.15) is 0 Å². The molecule has 2 aromatic rings. The zero-order valence-corrected chi connectivity index (χ0v) is 12.4. The Morgan fingerprint density at radius 3 is 2.67 bits per heavy atom. The van der Waals surface area contributed by atoms with E-state index in [0.717, 1.165) is 13.1 Å². The van der Waals surface area contributed by atoms with E-state index >= 15 is 0 Å². The smallest absolute Gasteiger partial charge is 0.290 e.